The lowest BCUT2D eigenvalue weighted by atomic mass is 10.00. The Morgan fingerprint density at radius 1 is 1.48 bits per heavy atom. The van der Waals surface area contributed by atoms with Crippen molar-refractivity contribution in [3.63, 3.8) is 0 Å². The molecule has 0 aromatic carbocycles. The van der Waals surface area contributed by atoms with Crippen LogP contribution < -0.4 is 10.6 Å². The first kappa shape index (κ1) is 22.7. The van der Waals surface area contributed by atoms with Crippen molar-refractivity contribution in [2.45, 2.75) is 39.2 Å². The first-order valence-electron chi connectivity index (χ1n) is 9.01. The Labute approximate surface area is 173 Å². The third-order valence-corrected chi connectivity index (χ3v) is 5.18. The van der Waals surface area contributed by atoms with E-state index in [4.69, 9.17) is 0 Å². The fourth-order valence-corrected chi connectivity index (χ4v) is 3.84. The lowest BCUT2D eigenvalue weighted by molar-refractivity contribution is 0.0677. The minimum atomic E-state index is -0.926. The number of guanidine groups is 1. The van der Waals surface area contributed by atoms with Gasteiger partial charge in [0.15, 0.2) is 5.96 Å². The zero-order valence-electron chi connectivity index (χ0n) is 15.6. The molecular weight excluding hydrogens is 447 g/mol. The van der Waals surface area contributed by atoms with E-state index in [9.17, 15) is 5.11 Å². The smallest absolute Gasteiger partial charge is 0.191 e. The van der Waals surface area contributed by atoms with E-state index >= 15 is 0 Å². The molecule has 2 rings (SSSR count). The Bertz CT molecular complexity index is 507. The summed E-state index contributed by atoms with van der Waals surface area (Å²) in [5, 5.41) is 21.2. The van der Waals surface area contributed by atoms with Crippen LogP contribution in [-0.4, -0.2) is 55.2 Å². The van der Waals surface area contributed by atoms with Gasteiger partial charge >= 0.3 is 0 Å². The molecule has 7 heteroatoms. The molecule has 1 aromatic rings. The molecule has 2 atom stereocenters. The van der Waals surface area contributed by atoms with Gasteiger partial charge in [0.25, 0.3) is 0 Å². The third kappa shape index (κ3) is 7.80. The standard InChI is InChI=1S/C18H32N4OS.HI/c1-4-19-17(20-8-10-22-9-5-6-15(2)12-22)21-14-18(3,23)16-7-11-24-13-16;/h7,11,13,15,23H,4-6,8-10,12,14H2,1-3H3,(H2,19,20,21);1H. The van der Waals surface area contributed by atoms with Crippen LogP contribution in [0.15, 0.2) is 21.8 Å². The van der Waals surface area contributed by atoms with Crippen molar-refractivity contribution in [2.24, 2.45) is 10.9 Å². The highest BCUT2D eigenvalue weighted by molar-refractivity contribution is 14.0. The maximum Gasteiger partial charge on any atom is 0.191 e. The van der Waals surface area contributed by atoms with Crippen molar-refractivity contribution >= 4 is 41.3 Å². The van der Waals surface area contributed by atoms with Gasteiger partial charge in [0.1, 0.15) is 5.60 Å². The summed E-state index contributed by atoms with van der Waals surface area (Å²) >= 11 is 1.60. The van der Waals surface area contributed by atoms with Crippen molar-refractivity contribution in [1.82, 2.24) is 15.5 Å². The molecule has 1 aliphatic heterocycles. The van der Waals surface area contributed by atoms with E-state index in [1.165, 1.54) is 25.9 Å². The maximum absolute atomic E-state index is 10.6. The van der Waals surface area contributed by atoms with Gasteiger partial charge in [-0.1, -0.05) is 6.92 Å². The second-order valence-electron chi connectivity index (χ2n) is 6.96. The lowest BCUT2D eigenvalue weighted by Gasteiger charge is -2.31. The Morgan fingerprint density at radius 3 is 2.92 bits per heavy atom. The SMILES string of the molecule is CCNC(=NCC(C)(O)c1ccsc1)NCCN1CCCC(C)C1.I. The van der Waals surface area contributed by atoms with Crippen LogP contribution in [0.3, 0.4) is 0 Å². The summed E-state index contributed by atoms with van der Waals surface area (Å²) in [7, 11) is 0. The first-order valence-corrected chi connectivity index (χ1v) is 9.95. The number of piperidine rings is 1. The Hall–Kier alpha value is -0.380. The summed E-state index contributed by atoms with van der Waals surface area (Å²) in [6.07, 6.45) is 2.66. The van der Waals surface area contributed by atoms with E-state index in [1.807, 2.05) is 23.8 Å². The maximum atomic E-state index is 10.6. The molecule has 25 heavy (non-hydrogen) atoms. The van der Waals surface area contributed by atoms with E-state index in [1.54, 1.807) is 11.3 Å². The number of halogens is 1. The monoisotopic (exact) mass is 480 g/mol. The second-order valence-corrected chi connectivity index (χ2v) is 7.74. The Balaban J connectivity index is 0.00000312. The van der Waals surface area contributed by atoms with Crippen LogP contribution in [0, 0.1) is 5.92 Å². The first-order chi connectivity index (χ1) is 11.5. The molecule has 1 saturated heterocycles. The fraction of sp³-hybridized carbons (Fsp3) is 0.722. The predicted molar refractivity (Wildman–Crippen MR) is 118 cm³/mol. The molecule has 3 N–H and O–H groups in total. The van der Waals surface area contributed by atoms with Crippen molar-refractivity contribution in [1.29, 1.82) is 0 Å². The largest absolute Gasteiger partial charge is 0.383 e. The van der Waals surface area contributed by atoms with Gasteiger partial charge in [0.2, 0.25) is 0 Å². The summed E-state index contributed by atoms with van der Waals surface area (Å²) in [5.41, 5.74) is -0.000566. The molecule has 1 fully saturated rings. The number of hydrogen-bond donors (Lipinski definition) is 3. The molecule has 0 bridgehead atoms. The normalized spacial score (nSPS) is 21.3. The van der Waals surface area contributed by atoms with Crippen molar-refractivity contribution in [2.75, 3.05) is 39.3 Å². The van der Waals surface area contributed by atoms with E-state index in [0.717, 1.165) is 37.1 Å². The van der Waals surface area contributed by atoms with Gasteiger partial charge in [-0.2, -0.15) is 11.3 Å². The zero-order chi connectivity index (χ0) is 17.4. The minimum Gasteiger partial charge on any atom is -0.383 e. The number of rotatable bonds is 7. The van der Waals surface area contributed by atoms with Crippen molar-refractivity contribution < 1.29 is 5.11 Å². The van der Waals surface area contributed by atoms with Crippen LogP contribution in [0.25, 0.3) is 0 Å². The number of nitrogens with zero attached hydrogens (tertiary/aromatic N) is 2. The average molecular weight is 480 g/mol. The number of hydrogen-bond acceptors (Lipinski definition) is 4. The second kappa shape index (κ2) is 11.4. The zero-order valence-corrected chi connectivity index (χ0v) is 18.8. The topological polar surface area (TPSA) is 59.9 Å². The highest BCUT2D eigenvalue weighted by Gasteiger charge is 2.23. The number of aliphatic imine (C=N–C) groups is 1. The quantitative estimate of drug-likeness (QED) is 0.319. The Kier molecular flexibility index (Phi) is 10.3. The van der Waals surface area contributed by atoms with Crippen LogP contribution in [0.2, 0.25) is 0 Å². The lowest BCUT2D eigenvalue weighted by Crippen LogP contribution is -2.44. The van der Waals surface area contributed by atoms with Crippen molar-refractivity contribution in [3.05, 3.63) is 22.4 Å². The van der Waals surface area contributed by atoms with Crippen molar-refractivity contribution in [3.8, 4) is 0 Å². The van der Waals surface area contributed by atoms with Crippen LogP contribution in [0.4, 0.5) is 0 Å². The minimum absolute atomic E-state index is 0. The van der Waals surface area contributed by atoms with Gasteiger partial charge in [-0.05, 0) is 61.5 Å². The highest BCUT2D eigenvalue weighted by Crippen LogP contribution is 2.23. The van der Waals surface area contributed by atoms with Gasteiger partial charge in [0.05, 0.1) is 6.54 Å². The highest BCUT2D eigenvalue weighted by atomic mass is 127. The van der Waals surface area contributed by atoms with Gasteiger partial charge in [-0.15, -0.1) is 24.0 Å². The molecular formula is C18H33IN4OS. The number of aliphatic hydroxyl groups is 1. The molecule has 5 nitrogen and oxygen atoms in total. The molecule has 0 radical (unpaired) electrons. The van der Waals surface area contributed by atoms with Crippen LogP contribution >= 0.6 is 35.3 Å². The van der Waals surface area contributed by atoms with Crippen LogP contribution in [-0.2, 0) is 5.60 Å². The van der Waals surface area contributed by atoms with E-state index in [-0.39, 0.29) is 24.0 Å². The van der Waals surface area contributed by atoms with Gasteiger partial charge in [-0.3, -0.25) is 0 Å². The molecule has 0 aliphatic carbocycles. The molecule has 0 saturated carbocycles. The van der Waals surface area contributed by atoms with E-state index in [0.29, 0.717) is 6.54 Å². The summed E-state index contributed by atoms with van der Waals surface area (Å²) in [4.78, 5) is 7.09. The third-order valence-electron chi connectivity index (χ3n) is 4.49. The fourth-order valence-electron chi connectivity index (χ4n) is 3.06. The molecule has 1 aliphatic rings. The summed E-state index contributed by atoms with van der Waals surface area (Å²) < 4.78 is 0. The molecule has 144 valence electrons. The molecule has 2 unspecified atom stereocenters. The number of likely N-dealkylation sites (tertiary alicyclic amines) is 1. The van der Waals surface area contributed by atoms with Gasteiger partial charge in [-0.25, -0.2) is 4.99 Å². The molecule has 1 aromatic heterocycles. The van der Waals surface area contributed by atoms with E-state index in [2.05, 4.69) is 34.4 Å². The van der Waals surface area contributed by atoms with Gasteiger partial charge < -0.3 is 20.6 Å². The predicted octanol–water partition coefficient (Wildman–Crippen LogP) is 2.86. The average Bonchev–Trinajstić information content (AvgIpc) is 3.08. The number of nitrogens with one attached hydrogen (secondary N) is 2. The number of thiophene rings is 1. The van der Waals surface area contributed by atoms with Crippen LogP contribution in [0.5, 0.6) is 0 Å². The summed E-state index contributed by atoms with van der Waals surface area (Å²) in [6.45, 7) is 11.7. The summed E-state index contributed by atoms with van der Waals surface area (Å²) in [5.74, 6) is 1.58. The van der Waals surface area contributed by atoms with Crippen LogP contribution in [0.1, 0.15) is 39.2 Å². The van der Waals surface area contributed by atoms with Gasteiger partial charge in [0, 0.05) is 26.2 Å². The van der Waals surface area contributed by atoms with E-state index < -0.39 is 5.60 Å². The molecule has 2 heterocycles. The molecule has 0 amide bonds. The molecule has 0 spiro atoms. The summed E-state index contributed by atoms with van der Waals surface area (Å²) in [6, 6.07) is 1.96. The Morgan fingerprint density at radius 2 is 2.28 bits per heavy atom.